The molecule has 132 valence electrons. The zero-order valence-corrected chi connectivity index (χ0v) is 14.9. The Morgan fingerprint density at radius 1 is 1.16 bits per heavy atom. The standard InChI is InChI=1S/C20H26N4O/c1-16-4-2-3-5-18(16)14-22-8-10-23(11-9-22)20(25)17-6-7-24-15-21-13-19(24)12-17/h2-5,13,15,17H,6-12,14H2,1H3/t17-/m1/s1. The number of aromatic nitrogens is 2. The first-order chi connectivity index (χ1) is 12.2. The third-order valence-corrected chi connectivity index (χ3v) is 5.66. The summed E-state index contributed by atoms with van der Waals surface area (Å²) in [7, 11) is 0. The molecule has 5 nitrogen and oxygen atoms in total. The quantitative estimate of drug-likeness (QED) is 0.861. The number of amides is 1. The lowest BCUT2D eigenvalue weighted by Crippen LogP contribution is -2.50. The van der Waals surface area contributed by atoms with Crippen LogP contribution in [0.4, 0.5) is 0 Å². The van der Waals surface area contributed by atoms with Gasteiger partial charge < -0.3 is 9.47 Å². The van der Waals surface area contributed by atoms with Gasteiger partial charge >= 0.3 is 0 Å². The molecule has 1 amide bonds. The summed E-state index contributed by atoms with van der Waals surface area (Å²) in [4.78, 5) is 21.6. The van der Waals surface area contributed by atoms with Gasteiger partial charge in [-0.3, -0.25) is 9.69 Å². The van der Waals surface area contributed by atoms with E-state index in [4.69, 9.17) is 0 Å². The van der Waals surface area contributed by atoms with Crippen molar-refractivity contribution >= 4 is 5.91 Å². The monoisotopic (exact) mass is 338 g/mol. The van der Waals surface area contributed by atoms with Crippen molar-refractivity contribution in [1.29, 1.82) is 0 Å². The molecular formula is C20H26N4O. The van der Waals surface area contributed by atoms with E-state index >= 15 is 0 Å². The summed E-state index contributed by atoms with van der Waals surface area (Å²) in [5.41, 5.74) is 3.94. The van der Waals surface area contributed by atoms with Gasteiger partial charge in [0.25, 0.3) is 0 Å². The first-order valence-corrected chi connectivity index (χ1v) is 9.25. The lowest BCUT2D eigenvalue weighted by molar-refractivity contribution is -0.138. The highest BCUT2D eigenvalue weighted by molar-refractivity contribution is 5.79. The number of fused-ring (bicyclic) bond motifs is 1. The highest BCUT2D eigenvalue weighted by Crippen LogP contribution is 2.23. The molecule has 3 heterocycles. The molecule has 2 aliphatic heterocycles. The van der Waals surface area contributed by atoms with Crippen LogP contribution in [-0.4, -0.2) is 51.4 Å². The number of carbonyl (C=O) groups excluding carboxylic acids is 1. The number of aryl methyl sites for hydroxylation is 2. The summed E-state index contributed by atoms with van der Waals surface area (Å²) in [6.07, 6.45) is 5.55. The molecule has 4 rings (SSSR count). The number of imidazole rings is 1. The van der Waals surface area contributed by atoms with Crippen LogP contribution in [0.25, 0.3) is 0 Å². The number of hydrogen-bond donors (Lipinski definition) is 0. The topological polar surface area (TPSA) is 41.4 Å². The highest BCUT2D eigenvalue weighted by Gasteiger charge is 2.30. The zero-order chi connectivity index (χ0) is 17.2. The van der Waals surface area contributed by atoms with Crippen molar-refractivity contribution in [2.24, 2.45) is 5.92 Å². The van der Waals surface area contributed by atoms with E-state index in [2.05, 4.69) is 50.5 Å². The number of carbonyl (C=O) groups is 1. The van der Waals surface area contributed by atoms with E-state index in [-0.39, 0.29) is 5.92 Å². The van der Waals surface area contributed by atoms with Crippen molar-refractivity contribution in [3.63, 3.8) is 0 Å². The van der Waals surface area contributed by atoms with Gasteiger partial charge in [0.2, 0.25) is 5.91 Å². The van der Waals surface area contributed by atoms with Crippen molar-refractivity contribution in [2.45, 2.75) is 32.9 Å². The Morgan fingerprint density at radius 3 is 2.76 bits per heavy atom. The second-order valence-electron chi connectivity index (χ2n) is 7.30. The van der Waals surface area contributed by atoms with Crippen molar-refractivity contribution in [3.8, 4) is 0 Å². The number of nitrogens with zero attached hydrogens (tertiary/aromatic N) is 4. The van der Waals surface area contributed by atoms with Crippen molar-refractivity contribution in [3.05, 3.63) is 53.6 Å². The van der Waals surface area contributed by atoms with Gasteiger partial charge in [-0.25, -0.2) is 4.98 Å². The van der Waals surface area contributed by atoms with Crippen molar-refractivity contribution < 1.29 is 4.79 Å². The largest absolute Gasteiger partial charge is 0.340 e. The Hall–Kier alpha value is -2.14. The number of piperazine rings is 1. The predicted molar refractivity (Wildman–Crippen MR) is 97.1 cm³/mol. The number of benzene rings is 1. The van der Waals surface area contributed by atoms with E-state index in [0.29, 0.717) is 5.91 Å². The molecule has 2 aliphatic rings. The minimum atomic E-state index is 0.132. The highest BCUT2D eigenvalue weighted by atomic mass is 16.2. The minimum absolute atomic E-state index is 0.132. The summed E-state index contributed by atoms with van der Waals surface area (Å²) in [6.45, 7) is 7.69. The Kier molecular flexibility index (Phi) is 4.57. The molecule has 1 aromatic carbocycles. The molecule has 0 saturated carbocycles. The van der Waals surface area contributed by atoms with E-state index in [9.17, 15) is 4.79 Å². The van der Waals surface area contributed by atoms with Crippen LogP contribution in [0.15, 0.2) is 36.8 Å². The number of rotatable bonds is 3. The molecule has 2 aromatic rings. The maximum Gasteiger partial charge on any atom is 0.226 e. The maximum atomic E-state index is 12.9. The fraction of sp³-hybridized carbons (Fsp3) is 0.500. The van der Waals surface area contributed by atoms with E-state index in [1.165, 1.54) is 16.8 Å². The van der Waals surface area contributed by atoms with Crippen LogP contribution in [0.5, 0.6) is 0 Å². The summed E-state index contributed by atoms with van der Waals surface area (Å²) in [6, 6.07) is 8.57. The Labute approximate surface area is 149 Å². The van der Waals surface area contributed by atoms with E-state index in [0.717, 1.165) is 52.1 Å². The first-order valence-electron chi connectivity index (χ1n) is 9.25. The van der Waals surface area contributed by atoms with E-state index in [1.807, 2.05) is 12.5 Å². The molecule has 1 atom stereocenters. The molecule has 5 heteroatoms. The maximum absolute atomic E-state index is 12.9. The molecule has 0 radical (unpaired) electrons. The van der Waals surface area contributed by atoms with Gasteiger partial charge in [-0.15, -0.1) is 0 Å². The van der Waals surface area contributed by atoms with Crippen molar-refractivity contribution in [1.82, 2.24) is 19.4 Å². The fourth-order valence-corrected chi connectivity index (χ4v) is 3.99. The number of hydrogen-bond acceptors (Lipinski definition) is 3. The van der Waals surface area contributed by atoms with Gasteiger partial charge in [0, 0.05) is 63.5 Å². The fourth-order valence-electron chi connectivity index (χ4n) is 3.99. The Balaban J connectivity index is 1.31. The summed E-state index contributed by atoms with van der Waals surface area (Å²) in [5, 5.41) is 0. The SMILES string of the molecule is Cc1ccccc1CN1CCN(C(=O)[C@@H]2CCn3cncc3C2)CC1. The van der Waals surface area contributed by atoms with Crippen LogP contribution in [0.3, 0.4) is 0 Å². The van der Waals surface area contributed by atoms with E-state index in [1.54, 1.807) is 0 Å². The van der Waals surface area contributed by atoms with Gasteiger partial charge in [-0.05, 0) is 24.5 Å². The predicted octanol–water partition coefficient (Wildman–Crippen LogP) is 2.10. The summed E-state index contributed by atoms with van der Waals surface area (Å²) < 4.78 is 2.17. The van der Waals surface area contributed by atoms with Gasteiger partial charge in [0.05, 0.1) is 6.33 Å². The zero-order valence-electron chi connectivity index (χ0n) is 14.9. The summed E-state index contributed by atoms with van der Waals surface area (Å²) in [5.74, 6) is 0.468. The molecule has 0 spiro atoms. The lowest BCUT2D eigenvalue weighted by Gasteiger charge is -2.37. The van der Waals surface area contributed by atoms with Crippen LogP contribution in [0, 0.1) is 12.8 Å². The Bertz CT molecular complexity index is 746. The Morgan fingerprint density at radius 2 is 1.96 bits per heavy atom. The third-order valence-electron chi connectivity index (χ3n) is 5.66. The van der Waals surface area contributed by atoms with Gasteiger partial charge in [-0.2, -0.15) is 0 Å². The van der Waals surface area contributed by atoms with Crippen LogP contribution in [0.1, 0.15) is 23.2 Å². The molecule has 25 heavy (non-hydrogen) atoms. The van der Waals surface area contributed by atoms with Gasteiger partial charge in [-0.1, -0.05) is 24.3 Å². The van der Waals surface area contributed by atoms with Crippen LogP contribution in [0.2, 0.25) is 0 Å². The van der Waals surface area contributed by atoms with Crippen LogP contribution < -0.4 is 0 Å². The first kappa shape index (κ1) is 16.3. The van der Waals surface area contributed by atoms with Gasteiger partial charge in [0.15, 0.2) is 0 Å². The smallest absolute Gasteiger partial charge is 0.226 e. The molecule has 1 saturated heterocycles. The second-order valence-corrected chi connectivity index (χ2v) is 7.30. The summed E-state index contributed by atoms with van der Waals surface area (Å²) >= 11 is 0. The molecule has 0 aliphatic carbocycles. The van der Waals surface area contributed by atoms with Gasteiger partial charge in [0.1, 0.15) is 0 Å². The van der Waals surface area contributed by atoms with Crippen LogP contribution >= 0.6 is 0 Å². The third kappa shape index (κ3) is 3.47. The van der Waals surface area contributed by atoms with Crippen molar-refractivity contribution in [2.75, 3.05) is 26.2 Å². The van der Waals surface area contributed by atoms with E-state index < -0.39 is 0 Å². The molecule has 1 aromatic heterocycles. The average Bonchev–Trinajstić information content (AvgIpc) is 3.11. The molecule has 0 unspecified atom stereocenters. The normalized spacial score (nSPS) is 21.2. The molecule has 0 N–H and O–H groups in total. The minimum Gasteiger partial charge on any atom is -0.340 e. The average molecular weight is 338 g/mol. The lowest BCUT2D eigenvalue weighted by atomic mass is 9.94. The second kappa shape index (κ2) is 7.00. The van der Waals surface area contributed by atoms with Crippen LogP contribution in [-0.2, 0) is 24.3 Å². The molecule has 0 bridgehead atoms. The molecule has 1 fully saturated rings. The molecular weight excluding hydrogens is 312 g/mol.